The zero-order chi connectivity index (χ0) is 17.7. The molecule has 0 aliphatic carbocycles. The van der Waals surface area contributed by atoms with Crippen molar-refractivity contribution >= 4 is 5.69 Å². The fourth-order valence-electron chi connectivity index (χ4n) is 2.62. The van der Waals surface area contributed by atoms with Crippen molar-refractivity contribution in [2.45, 2.75) is 30.6 Å². The molecule has 8 nitrogen and oxygen atoms in total. The Balaban J connectivity index is 1.87. The van der Waals surface area contributed by atoms with Gasteiger partial charge in [0.2, 0.25) is 0 Å². The molecular formula is C16H24N2O6. The van der Waals surface area contributed by atoms with E-state index in [9.17, 15) is 25.5 Å². The van der Waals surface area contributed by atoms with E-state index in [2.05, 4.69) is 0 Å². The molecule has 0 spiro atoms. The van der Waals surface area contributed by atoms with Crippen LogP contribution < -0.4 is 10.5 Å². The van der Waals surface area contributed by atoms with Gasteiger partial charge in [0, 0.05) is 12.2 Å². The molecule has 134 valence electrons. The highest BCUT2D eigenvalue weighted by Crippen LogP contribution is 2.23. The Morgan fingerprint density at radius 2 is 1.67 bits per heavy atom. The number of nitrogen functional groups attached to an aromatic ring is 1. The second-order valence-electron chi connectivity index (χ2n) is 5.68. The minimum atomic E-state index is -1.51. The number of nitrogens with zero attached hydrogens (tertiary/aromatic N) is 1. The van der Waals surface area contributed by atoms with Gasteiger partial charge in [-0.05, 0) is 24.3 Å². The molecule has 1 aliphatic heterocycles. The molecule has 24 heavy (non-hydrogen) atoms. The van der Waals surface area contributed by atoms with Crippen molar-refractivity contribution in [1.82, 2.24) is 4.90 Å². The maximum Gasteiger partial charge on any atom is 0.136 e. The number of aliphatic hydroxyl groups excluding tert-OH is 5. The van der Waals surface area contributed by atoms with Gasteiger partial charge in [0.25, 0.3) is 0 Å². The Morgan fingerprint density at radius 3 is 2.29 bits per heavy atom. The average molecular weight is 340 g/mol. The van der Waals surface area contributed by atoms with Gasteiger partial charge in [-0.15, -0.1) is 0 Å². The van der Waals surface area contributed by atoms with E-state index < -0.39 is 37.2 Å². The Bertz CT molecular complexity index is 538. The monoisotopic (exact) mass is 340 g/mol. The van der Waals surface area contributed by atoms with Crippen LogP contribution in [0.15, 0.2) is 36.4 Å². The summed E-state index contributed by atoms with van der Waals surface area (Å²) >= 11 is 0. The first-order chi connectivity index (χ1) is 11.5. The van der Waals surface area contributed by atoms with E-state index in [0.717, 1.165) is 0 Å². The normalized spacial score (nSPS) is 31.5. The van der Waals surface area contributed by atoms with Crippen LogP contribution in [0.3, 0.4) is 0 Å². The fourth-order valence-corrected chi connectivity index (χ4v) is 2.62. The number of ether oxygens (including phenoxy) is 1. The number of hydrogen-bond acceptors (Lipinski definition) is 8. The fraction of sp³-hybridized carbons (Fsp3) is 0.500. The lowest BCUT2D eigenvalue weighted by Gasteiger charge is -2.46. The van der Waals surface area contributed by atoms with E-state index in [0.29, 0.717) is 11.4 Å². The van der Waals surface area contributed by atoms with Crippen LogP contribution in [0.2, 0.25) is 0 Å². The molecule has 7 N–H and O–H groups in total. The van der Waals surface area contributed by atoms with Gasteiger partial charge in [-0.25, -0.2) is 0 Å². The van der Waals surface area contributed by atoms with Crippen LogP contribution in [0.4, 0.5) is 5.69 Å². The van der Waals surface area contributed by atoms with E-state index in [1.54, 1.807) is 36.4 Å². The van der Waals surface area contributed by atoms with Crippen LogP contribution in [-0.2, 0) is 0 Å². The SMILES string of the molecule is Nc1ccc(OC/C=C/CN2C(O)[C@H](O)[C@@H](O)[C@H](O)[C@H]2CO)cc1. The highest BCUT2D eigenvalue weighted by atomic mass is 16.5. The van der Waals surface area contributed by atoms with Crippen molar-refractivity contribution in [3.63, 3.8) is 0 Å². The Kier molecular flexibility index (Phi) is 6.55. The maximum atomic E-state index is 10.0. The van der Waals surface area contributed by atoms with Gasteiger partial charge in [0.15, 0.2) is 0 Å². The molecule has 1 aromatic rings. The highest BCUT2D eigenvalue weighted by molar-refractivity contribution is 5.41. The summed E-state index contributed by atoms with van der Waals surface area (Å²) in [6, 6.07) is 6.06. The van der Waals surface area contributed by atoms with E-state index in [-0.39, 0.29) is 13.2 Å². The average Bonchev–Trinajstić information content (AvgIpc) is 2.58. The zero-order valence-corrected chi connectivity index (χ0v) is 13.1. The molecule has 1 saturated heterocycles. The summed E-state index contributed by atoms with van der Waals surface area (Å²) in [5.74, 6) is 0.661. The number of aliphatic hydroxyl groups is 5. The summed E-state index contributed by atoms with van der Waals surface area (Å²) in [5, 5.41) is 48.6. The molecule has 0 aromatic heterocycles. The molecule has 1 fully saturated rings. The standard InChI is InChI=1S/C16H24N2O6/c17-10-3-5-11(6-4-10)24-8-2-1-7-18-12(9-19)13(20)14(21)15(22)16(18)23/h1-6,12-16,19-23H,7-9,17H2/b2-1+/t12-,13-,14+,15-,16?/m1/s1. The Morgan fingerprint density at radius 1 is 1.00 bits per heavy atom. The lowest BCUT2D eigenvalue weighted by atomic mass is 9.93. The molecule has 0 radical (unpaired) electrons. The largest absolute Gasteiger partial charge is 0.490 e. The van der Waals surface area contributed by atoms with Gasteiger partial charge in [0.05, 0.1) is 12.6 Å². The first-order valence-electron chi connectivity index (χ1n) is 7.68. The molecule has 8 heteroatoms. The van der Waals surface area contributed by atoms with Gasteiger partial charge >= 0.3 is 0 Å². The zero-order valence-electron chi connectivity index (χ0n) is 13.1. The van der Waals surface area contributed by atoms with Crippen molar-refractivity contribution in [2.75, 3.05) is 25.5 Å². The van der Waals surface area contributed by atoms with Crippen LogP contribution in [0.1, 0.15) is 0 Å². The second-order valence-corrected chi connectivity index (χ2v) is 5.68. The van der Waals surface area contributed by atoms with Gasteiger partial charge < -0.3 is 36.0 Å². The summed E-state index contributed by atoms with van der Waals surface area (Å²) in [6.07, 6.45) is -2.37. The summed E-state index contributed by atoms with van der Waals surface area (Å²) in [6.45, 7) is -0.0124. The summed E-state index contributed by atoms with van der Waals surface area (Å²) < 4.78 is 5.48. The van der Waals surface area contributed by atoms with E-state index in [4.69, 9.17) is 10.5 Å². The van der Waals surface area contributed by atoms with Crippen LogP contribution in [0.25, 0.3) is 0 Å². The predicted molar refractivity (Wildman–Crippen MR) is 87.1 cm³/mol. The maximum absolute atomic E-state index is 10.0. The molecule has 0 saturated carbocycles. The quantitative estimate of drug-likeness (QED) is 0.265. The molecule has 5 atom stereocenters. The third-order valence-electron chi connectivity index (χ3n) is 4.06. The number of anilines is 1. The topological polar surface area (TPSA) is 140 Å². The third-order valence-corrected chi connectivity index (χ3v) is 4.06. The Labute approximate surface area is 140 Å². The molecule has 1 heterocycles. The number of rotatable bonds is 6. The highest BCUT2D eigenvalue weighted by Gasteiger charge is 2.46. The Hall–Kier alpha value is -1.68. The van der Waals surface area contributed by atoms with Gasteiger partial charge in [-0.1, -0.05) is 12.2 Å². The van der Waals surface area contributed by atoms with Crippen LogP contribution >= 0.6 is 0 Å². The summed E-state index contributed by atoms with van der Waals surface area (Å²) in [4.78, 5) is 1.32. The predicted octanol–water partition coefficient (Wildman–Crippen LogP) is -1.72. The van der Waals surface area contributed by atoms with E-state index in [1.165, 1.54) is 4.90 Å². The van der Waals surface area contributed by atoms with Gasteiger partial charge in [-0.2, -0.15) is 0 Å². The number of likely N-dealkylation sites (tertiary alicyclic amines) is 1. The third kappa shape index (κ3) is 4.23. The second kappa shape index (κ2) is 8.43. The number of nitrogens with two attached hydrogens (primary N) is 1. The molecule has 1 unspecified atom stereocenters. The van der Waals surface area contributed by atoms with Crippen molar-refractivity contribution < 1.29 is 30.3 Å². The minimum absolute atomic E-state index is 0.165. The first kappa shape index (κ1) is 18.7. The number of benzene rings is 1. The molecule has 1 aliphatic rings. The van der Waals surface area contributed by atoms with Crippen molar-refractivity contribution in [3.05, 3.63) is 36.4 Å². The van der Waals surface area contributed by atoms with Crippen molar-refractivity contribution in [2.24, 2.45) is 0 Å². The lowest BCUT2D eigenvalue weighted by molar-refractivity contribution is -0.219. The van der Waals surface area contributed by atoms with Crippen LogP contribution in [0.5, 0.6) is 5.75 Å². The molecule has 2 rings (SSSR count). The van der Waals surface area contributed by atoms with E-state index >= 15 is 0 Å². The lowest BCUT2D eigenvalue weighted by Crippen LogP contribution is -2.67. The minimum Gasteiger partial charge on any atom is -0.490 e. The van der Waals surface area contributed by atoms with Crippen LogP contribution in [-0.4, -0.2) is 80.8 Å². The summed E-state index contributed by atoms with van der Waals surface area (Å²) in [7, 11) is 0. The molecular weight excluding hydrogens is 316 g/mol. The summed E-state index contributed by atoms with van der Waals surface area (Å²) in [5.41, 5.74) is 6.22. The smallest absolute Gasteiger partial charge is 0.136 e. The van der Waals surface area contributed by atoms with Crippen LogP contribution in [0, 0.1) is 0 Å². The van der Waals surface area contributed by atoms with Gasteiger partial charge in [0.1, 0.15) is 36.9 Å². The number of hydrogen-bond donors (Lipinski definition) is 6. The number of piperidine rings is 1. The molecule has 0 bridgehead atoms. The van der Waals surface area contributed by atoms with Crippen molar-refractivity contribution in [1.29, 1.82) is 0 Å². The molecule has 0 amide bonds. The van der Waals surface area contributed by atoms with Crippen molar-refractivity contribution in [3.8, 4) is 5.75 Å². The van der Waals surface area contributed by atoms with Gasteiger partial charge in [-0.3, -0.25) is 4.90 Å². The molecule has 1 aromatic carbocycles. The first-order valence-corrected chi connectivity index (χ1v) is 7.68. The van der Waals surface area contributed by atoms with E-state index in [1.807, 2.05) is 0 Å².